The minimum absolute atomic E-state index is 0.0559. The van der Waals surface area contributed by atoms with Gasteiger partial charge in [-0.2, -0.15) is 11.8 Å². The molecule has 94 valence electrons. The van der Waals surface area contributed by atoms with E-state index in [-0.39, 0.29) is 11.9 Å². The molecule has 0 spiro atoms. The van der Waals surface area contributed by atoms with E-state index in [0.29, 0.717) is 6.54 Å². The van der Waals surface area contributed by atoms with Crippen LogP contribution in [-0.2, 0) is 0 Å². The highest BCUT2D eigenvalue weighted by atomic mass is 32.2. The second kappa shape index (κ2) is 5.38. The molecule has 0 aromatic heterocycles. The number of hydrogen-bond donors (Lipinski definition) is 2. The third-order valence-corrected chi connectivity index (χ3v) is 4.40. The summed E-state index contributed by atoms with van der Waals surface area (Å²) >= 11 is 1.78. The lowest BCUT2D eigenvalue weighted by molar-refractivity contribution is 0.0651. The number of nitrogens with one attached hydrogen (secondary N) is 1. The van der Waals surface area contributed by atoms with Crippen molar-refractivity contribution in [1.82, 2.24) is 5.32 Å². The van der Waals surface area contributed by atoms with Crippen LogP contribution in [-0.4, -0.2) is 28.8 Å². The fourth-order valence-corrected chi connectivity index (χ4v) is 3.27. The van der Waals surface area contributed by atoms with Crippen LogP contribution in [0.15, 0.2) is 24.3 Å². The van der Waals surface area contributed by atoms with Crippen molar-refractivity contribution >= 4 is 11.8 Å². The predicted octanol–water partition coefficient (Wildman–Crippen LogP) is 2.34. The Bertz CT molecular complexity index is 379. The zero-order valence-electron chi connectivity index (χ0n) is 9.95. The van der Waals surface area contributed by atoms with E-state index in [1.807, 2.05) is 13.0 Å². The maximum Gasteiger partial charge on any atom is 0.123 e. The Hall–Kier alpha value is -0.580. The predicted molar refractivity (Wildman–Crippen MR) is 69.7 cm³/mol. The van der Waals surface area contributed by atoms with Gasteiger partial charge in [0.05, 0.1) is 5.60 Å². The summed E-state index contributed by atoms with van der Waals surface area (Å²) in [6.07, 6.45) is 0.834. The van der Waals surface area contributed by atoms with E-state index in [1.54, 1.807) is 17.8 Å². The summed E-state index contributed by atoms with van der Waals surface area (Å²) in [7, 11) is 0. The van der Waals surface area contributed by atoms with Gasteiger partial charge in [0, 0.05) is 18.3 Å². The molecule has 1 heterocycles. The second-order valence-corrected chi connectivity index (χ2v) is 5.79. The Morgan fingerprint density at radius 3 is 3.06 bits per heavy atom. The van der Waals surface area contributed by atoms with Crippen LogP contribution in [0.25, 0.3) is 0 Å². The monoisotopic (exact) mass is 255 g/mol. The molecule has 0 radical (unpaired) electrons. The van der Waals surface area contributed by atoms with Gasteiger partial charge >= 0.3 is 0 Å². The fraction of sp³-hybridized carbons (Fsp3) is 0.538. The van der Waals surface area contributed by atoms with Gasteiger partial charge in [0.1, 0.15) is 5.82 Å². The lowest BCUT2D eigenvalue weighted by Gasteiger charge is -2.24. The molecule has 0 saturated carbocycles. The SMILES string of the molecule is CC(NCC1(O)CCSC1)c1cccc(F)c1. The number of benzene rings is 1. The fourth-order valence-electron chi connectivity index (χ4n) is 1.97. The topological polar surface area (TPSA) is 32.3 Å². The van der Waals surface area contributed by atoms with Crippen LogP contribution in [0.1, 0.15) is 24.9 Å². The first-order valence-corrected chi connectivity index (χ1v) is 7.03. The maximum atomic E-state index is 13.1. The number of hydrogen-bond acceptors (Lipinski definition) is 3. The van der Waals surface area contributed by atoms with Crippen LogP contribution in [0.2, 0.25) is 0 Å². The minimum Gasteiger partial charge on any atom is -0.388 e. The van der Waals surface area contributed by atoms with E-state index >= 15 is 0 Å². The molecule has 4 heteroatoms. The molecule has 1 saturated heterocycles. The Balaban J connectivity index is 1.91. The third-order valence-electron chi connectivity index (χ3n) is 3.17. The lowest BCUT2D eigenvalue weighted by Crippen LogP contribution is -2.41. The molecule has 1 aromatic rings. The standard InChI is InChI=1S/C13H18FNOS/c1-10(11-3-2-4-12(14)7-11)15-8-13(16)5-6-17-9-13/h2-4,7,10,15-16H,5-6,8-9H2,1H3. The number of thioether (sulfide) groups is 1. The molecule has 2 rings (SSSR count). The molecule has 1 fully saturated rings. The van der Waals surface area contributed by atoms with E-state index in [0.717, 1.165) is 23.5 Å². The van der Waals surface area contributed by atoms with Crippen molar-refractivity contribution in [3.05, 3.63) is 35.6 Å². The largest absolute Gasteiger partial charge is 0.388 e. The molecule has 17 heavy (non-hydrogen) atoms. The van der Waals surface area contributed by atoms with Gasteiger partial charge in [-0.05, 0) is 36.8 Å². The lowest BCUT2D eigenvalue weighted by atomic mass is 10.0. The van der Waals surface area contributed by atoms with Crippen molar-refractivity contribution in [2.75, 3.05) is 18.1 Å². The molecule has 0 amide bonds. The van der Waals surface area contributed by atoms with E-state index < -0.39 is 5.60 Å². The van der Waals surface area contributed by atoms with Gasteiger partial charge in [-0.1, -0.05) is 12.1 Å². The molecular weight excluding hydrogens is 237 g/mol. The zero-order valence-corrected chi connectivity index (χ0v) is 10.8. The number of aliphatic hydroxyl groups is 1. The third kappa shape index (κ3) is 3.44. The molecule has 2 atom stereocenters. The number of rotatable bonds is 4. The summed E-state index contributed by atoms with van der Waals surface area (Å²) < 4.78 is 13.1. The Morgan fingerprint density at radius 1 is 1.59 bits per heavy atom. The first-order chi connectivity index (χ1) is 8.09. The normalized spacial score (nSPS) is 26.1. The highest BCUT2D eigenvalue weighted by Gasteiger charge is 2.31. The van der Waals surface area contributed by atoms with Gasteiger partial charge in [-0.3, -0.25) is 0 Å². The van der Waals surface area contributed by atoms with Gasteiger partial charge in [-0.15, -0.1) is 0 Å². The van der Waals surface area contributed by atoms with Crippen LogP contribution in [0.5, 0.6) is 0 Å². The Kier molecular flexibility index (Phi) is 4.07. The van der Waals surface area contributed by atoms with Crippen molar-refractivity contribution in [3.63, 3.8) is 0 Å². The van der Waals surface area contributed by atoms with Crippen molar-refractivity contribution in [1.29, 1.82) is 0 Å². The summed E-state index contributed by atoms with van der Waals surface area (Å²) in [5.74, 6) is 1.59. The van der Waals surface area contributed by atoms with Crippen molar-refractivity contribution in [3.8, 4) is 0 Å². The molecule has 0 bridgehead atoms. The van der Waals surface area contributed by atoms with Crippen molar-refractivity contribution in [2.24, 2.45) is 0 Å². The Labute approximate surface area is 106 Å². The van der Waals surface area contributed by atoms with Crippen LogP contribution >= 0.6 is 11.8 Å². The minimum atomic E-state index is -0.591. The summed E-state index contributed by atoms with van der Waals surface area (Å²) in [6.45, 7) is 2.55. The van der Waals surface area contributed by atoms with Gasteiger partial charge in [0.2, 0.25) is 0 Å². The van der Waals surface area contributed by atoms with Crippen LogP contribution in [0.4, 0.5) is 4.39 Å². The summed E-state index contributed by atoms with van der Waals surface area (Å²) in [5, 5.41) is 13.5. The second-order valence-electron chi connectivity index (χ2n) is 4.68. The zero-order chi connectivity index (χ0) is 12.3. The van der Waals surface area contributed by atoms with Crippen LogP contribution in [0, 0.1) is 5.82 Å². The average Bonchev–Trinajstić information content (AvgIpc) is 2.74. The van der Waals surface area contributed by atoms with E-state index in [4.69, 9.17) is 0 Å². The van der Waals surface area contributed by atoms with Crippen molar-refractivity contribution < 1.29 is 9.50 Å². The smallest absolute Gasteiger partial charge is 0.123 e. The average molecular weight is 255 g/mol. The van der Waals surface area contributed by atoms with Crippen LogP contribution < -0.4 is 5.32 Å². The quantitative estimate of drug-likeness (QED) is 0.866. The summed E-state index contributed by atoms with van der Waals surface area (Å²) in [6, 6.07) is 6.64. The van der Waals surface area contributed by atoms with Gasteiger partial charge in [-0.25, -0.2) is 4.39 Å². The molecule has 1 aromatic carbocycles. The molecule has 1 aliphatic rings. The van der Waals surface area contributed by atoms with Crippen LogP contribution in [0.3, 0.4) is 0 Å². The molecule has 2 nitrogen and oxygen atoms in total. The van der Waals surface area contributed by atoms with Gasteiger partial charge in [0.15, 0.2) is 0 Å². The summed E-state index contributed by atoms with van der Waals surface area (Å²) in [4.78, 5) is 0. The van der Waals surface area contributed by atoms with E-state index in [1.165, 1.54) is 12.1 Å². The highest BCUT2D eigenvalue weighted by Crippen LogP contribution is 2.27. The summed E-state index contributed by atoms with van der Waals surface area (Å²) in [5.41, 5.74) is 0.325. The van der Waals surface area contributed by atoms with E-state index in [9.17, 15) is 9.50 Å². The molecule has 2 N–H and O–H groups in total. The van der Waals surface area contributed by atoms with Crippen molar-refractivity contribution in [2.45, 2.75) is 25.0 Å². The molecule has 1 aliphatic heterocycles. The Morgan fingerprint density at radius 2 is 2.41 bits per heavy atom. The van der Waals surface area contributed by atoms with Gasteiger partial charge < -0.3 is 10.4 Å². The molecular formula is C13H18FNOS. The maximum absolute atomic E-state index is 13.1. The van der Waals surface area contributed by atoms with Gasteiger partial charge in [0.25, 0.3) is 0 Å². The van der Waals surface area contributed by atoms with E-state index in [2.05, 4.69) is 5.32 Å². The first-order valence-electron chi connectivity index (χ1n) is 5.88. The highest BCUT2D eigenvalue weighted by molar-refractivity contribution is 7.99. The molecule has 0 aliphatic carbocycles. The number of halogens is 1. The first kappa shape index (κ1) is 12.9. The molecule has 2 unspecified atom stereocenters.